The molecule has 2 aromatic rings. The Balaban J connectivity index is 2.02. The summed E-state index contributed by atoms with van der Waals surface area (Å²) in [7, 11) is 0. The number of ether oxygens (including phenoxy) is 1. The van der Waals surface area contributed by atoms with Crippen LogP contribution in [0.2, 0.25) is 0 Å². The number of halogens is 1. The number of alkyl halides is 1. The van der Waals surface area contributed by atoms with Gasteiger partial charge in [0.05, 0.1) is 0 Å². The van der Waals surface area contributed by atoms with E-state index in [1.807, 2.05) is 56.3 Å². The van der Waals surface area contributed by atoms with Gasteiger partial charge in [-0.2, -0.15) is 0 Å². The van der Waals surface area contributed by atoms with Crippen molar-refractivity contribution in [2.45, 2.75) is 26.7 Å². The van der Waals surface area contributed by atoms with Crippen molar-refractivity contribution >= 4 is 23.2 Å². The monoisotopic (exact) mass is 317 g/mol. The molecule has 1 amide bonds. The van der Waals surface area contributed by atoms with E-state index in [1.54, 1.807) is 0 Å². The molecule has 0 saturated heterocycles. The van der Waals surface area contributed by atoms with Crippen molar-refractivity contribution in [3.63, 3.8) is 0 Å². The maximum Gasteiger partial charge on any atom is 0.224 e. The van der Waals surface area contributed by atoms with E-state index in [-0.39, 0.29) is 5.91 Å². The van der Waals surface area contributed by atoms with E-state index in [1.165, 1.54) is 0 Å². The molecule has 0 heterocycles. The largest absolute Gasteiger partial charge is 0.457 e. The Labute approximate surface area is 136 Å². The third kappa shape index (κ3) is 4.50. The standard InChI is InChI=1S/C18H20ClNO2/c1-13-5-3-6-14(2)18(13)22-16-10-8-15(9-11-16)20-17(21)7-4-12-19/h3,5-6,8-11H,4,7,12H2,1-2H3,(H,20,21). The first kappa shape index (κ1) is 16.4. The second-order valence-electron chi connectivity index (χ2n) is 5.19. The van der Waals surface area contributed by atoms with Crippen molar-refractivity contribution in [1.29, 1.82) is 0 Å². The minimum Gasteiger partial charge on any atom is -0.457 e. The number of carbonyl (C=O) groups is 1. The van der Waals surface area contributed by atoms with Crippen LogP contribution in [0.15, 0.2) is 42.5 Å². The number of benzene rings is 2. The van der Waals surface area contributed by atoms with Gasteiger partial charge in [-0.25, -0.2) is 0 Å². The summed E-state index contributed by atoms with van der Waals surface area (Å²) in [6.07, 6.45) is 1.12. The Hall–Kier alpha value is -2.00. The fourth-order valence-electron chi connectivity index (χ4n) is 2.14. The number of carbonyl (C=O) groups excluding carboxylic acids is 1. The Morgan fingerprint density at radius 3 is 2.32 bits per heavy atom. The molecule has 0 spiro atoms. The van der Waals surface area contributed by atoms with E-state index >= 15 is 0 Å². The quantitative estimate of drug-likeness (QED) is 0.757. The second-order valence-corrected chi connectivity index (χ2v) is 5.57. The summed E-state index contributed by atoms with van der Waals surface area (Å²) < 4.78 is 5.93. The van der Waals surface area contributed by atoms with Crippen molar-refractivity contribution < 1.29 is 9.53 Å². The summed E-state index contributed by atoms with van der Waals surface area (Å²) in [6.45, 7) is 4.04. The molecular weight excluding hydrogens is 298 g/mol. The predicted octanol–water partition coefficient (Wildman–Crippen LogP) is 5.05. The van der Waals surface area contributed by atoms with Gasteiger partial charge in [0.1, 0.15) is 11.5 Å². The molecule has 0 atom stereocenters. The molecule has 0 aliphatic heterocycles. The molecule has 0 unspecified atom stereocenters. The highest BCUT2D eigenvalue weighted by Gasteiger charge is 2.06. The van der Waals surface area contributed by atoms with Crippen molar-refractivity contribution in [3.05, 3.63) is 53.6 Å². The van der Waals surface area contributed by atoms with Gasteiger partial charge in [-0.05, 0) is 55.7 Å². The molecule has 0 aliphatic rings. The van der Waals surface area contributed by atoms with Crippen LogP contribution < -0.4 is 10.1 Å². The first-order chi connectivity index (χ1) is 10.6. The molecule has 2 rings (SSSR count). The van der Waals surface area contributed by atoms with Gasteiger partial charge >= 0.3 is 0 Å². The van der Waals surface area contributed by atoms with Crippen LogP contribution in [0.3, 0.4) is 0 Å². The van der Waals surface area contributed by atoms with Gasteiger partial charge in [-0.3, -0.25) is 4.79 Å². The van der Waals surface area contributed by atoms with Crippen LogP contribution in [0.1, 0.15) is 24.0 Å². The lowest BCUT2D eigenvalue weighted by Crippen LogP contribution is -2.11. The van der Waals surface area contributed by atoms with Crippen LogP contribution in [0.5, 0.6) is 11.5 Å². The Bertz CT molecular complexity index is 618. The maximum absolute atomic E-state index is 11.6. The van der Waals surface area contributed by atoms with Crippen molar-refractivity contribution in [3.8, 4) is 11.5 Å². The van der Waals surface area contributed by atoms with Gasteiger partial charge in [0.2, 0.25) is 5.91 Å². The van der Waals surface area contributed by atoms with E-state index in [0.717, 1.165) is 28.3 Å². The maximum atomic E-state index is 11.6. The highest BCUT2D eigenvalue weighted by atomic mass is 35.5. The van der Waals surface area contributed by atoms with Gasteiger partial charge in [-0.15, -0.1) is 11.6 Å². The highest BCUT2D eigenvalue weighted by molar-refractivity contribution is 6.18. The smallest absolute Gasteiger partial charge is 0.224 e. The van der Waals surface area contributed by atoms with E-state index in [2.05, 4.69) is 5.32 Å². The van der Waals surface area contributed by atoms with Crippen molar-refractivity contribution in [2.24, 2.45) is 0 Å². The third-order valence-electron chi connectivity index (χ3n) is 3.30. The molecule has 22 heavy (non-hydrogen) atoms. The minimum absolute atomic E-state index is 0.0240. The number of hydrogen-bond acceptors (Lipinski definition) is 2. The third-order valence-corrected chi connectivity index (χ3v) is 3.57. The van der Waals surface area contributed by atoms with Gasteiger partial charge in [0.25, 0.3) is 0 Å². The molecule has 0 aliphatic carbocycles. The van der Waals surface area contributed by atoms with Crippen LogP contribution in [-0.4, -0.2) is 11.8 Å². The molecule has 116 valence electrons. The number of anilines is 1. The van der Waals surface area contributed by atoms with Crippen molar-refractivity contribution in [2.75, 3.05) is 11.2 Å². The lowest BCUT2D eigenvalue weighted by molar-refractivity contribution is -0.116. The first-order valence-electron chi connectivity index (χ1n) is 7.30. The van der Waals surface area contributed by atoms with E-state index in [4.69, 9.17) is 16.3 Å². The number of aryl methyl sites for hydroxylation is 2. The Kier molecular flexibility index (Phi) is 5.84. The zero-order valence-corrected chi connectivity index (χ0v) is 13.6. The summed E-state index contributed by atoms with van der Waals surface area (Å²) in [6, 6.07) is 13.4. The summed E-state index contributed by atoms with van der Waals surface area (Å²) >= 11 is 5.58. The lowest BCUT2D eigenvalue weighted by Gasteiger charge is -2.12. The molecule has 1 N–H and O–H groups in total. The summed E-state index contributed by atoms with van der Waals surface area (Å²) in [5.74, 6) is 2.09. The summed E-state index contributed by atoms with van der Waals surface area (Å²) in [5.41, 5.74) is 2.95. The van der Waals surface area contributed by atoms with Gasteiger partial charge in [-0.1, -0.05) is 18.2 Å². The second kappa shape index (κ2) is 7.85. The van der Waals surface area contributed by atoms with Gasteiger partial charge in [0.15, 0.2) is 0 Å². The first-order valence-corrected chi connectivity index (χ1v) is 7.83. The fraction of sp³-hybridized carbons (Fsp3) is 0.278. The zero-order chi connectivity index (χ0) is 15.9. The van der Waals surface area contributed by atoms with Crippen LogP contribution in [0.25, 0.3) is 0 Å². The van der Waals surface area contributed by atoms with Gasteiger partial charge < -0.3 is 10.1 Å². The van der Waals surface area contributed by atoms with E-state index in [9.17, 15) is 4.79 Å². The number of para-hydroxylation sites is 1. The zero-order valence-electron chi connectivity index (χ0n) is 12.9. The van der Waals surface area contributed by atoms with Crippen molar-refractivity contribution in [1.82, 2.24) is 0 Å². The lowest BCUT2D eigenvalue weighted by atomic mass is 10.1. The summed E-state index contributed by atoms with van der Waals surface area (Å²) in [5, 5.41) is 2.84. The van der Waals surface area contributed by atoms with Crippen LogP contribution in [0.4, 0.5) is 5.69 Å². The average molecular weight is 318 g/mol. The summed E-state index contributed by atoms with van der Waals surface area (Å²) in [4.78, 5) is 11.6. The highest BCUT2D eigenvalue weighted by Crippen LogP contribution is 2.29. The minimum atomic E-state index is -0.0240. The molecule has 3 nitrogen and oxygen atoms in total. The van der Waals surface area contributed by atoms with Crippen LogP contribution in [0, 0.1) is 13.8 Å². The molecule has 0 fully saturated rings. The Morgan fingerprint density at radius 1 is 1.09 bits per heavy atom. The van der Waals surface area contributed by atoms with E-state index in [0.29, 0.717) is 18.7 Å². The van der Waals surface area contributed by atoms with Crippen LogP contribution in [-0.2, 0) is 4.79 Å². The SMILES string of the molecule is Cc1cccc(C)c1Oc1ccc(NC(=O)CCCCl)cc1. The topological polar surface area (TPSA) is 38.3 Å². The Morgan fingerprint density at radius 2 is 1.73 bits per heavy atom. The molecule has 0 bridgehead atoms. The molecule has 0 aromatic heterocycles. The van der Waals surface area contributed by atoms with Gasteiger partial charge in [0, 0.05) is 18.0 Å². The normalized spacial score (nSPS) is 10.3. The fourth-order valence-corrected chi connectivity index (χ4v) is 2.27. The molecule has 0 radical (unpaired) electrons. The molecular formula is C18H20ClNO2. The molecule has 2 aromatic carbocycles. The molecule has 4 heteroatoms. The predicted molar refractivity (Wildman–Crippen MR) is 91.0 cm³/mol. The van der Waals surface area contributed by atoms with Crippen LogP contribution >= 0.6 is 11.6 Å². The number of nitrogens with one attached hydrogen (secondary N) is 1. The number of hydrogen-bond donors (Lipinski definition) is 1. The average Bonchev–Trinajstić information content (AvgIpc) is 2.51. The van der Waals surface area contributed by atoms with E-state index < -0.39 is 0 Å². The molecule has 0 saturated carbocycles. The number of amides is 1. The number of rotatable bonds is 6.